The number of guanidine groups is 1. The average Bonchev–Trinajstić information content (AvgIpc) is 3.17. The Bertz CT molecular complexity index is 894. The van der Waals surface area contributed by atoms with Gasteiger partial charge in [0.05, 0.1) is 28.3 Å². The summed E-state index contributed by atoms with van der Waals surface area (Å²) in [5.41, 5.74) is 3.34. The molecule has 0 unspecified atom stereocenters. The van der Waals surface area contributed by atoms with Crippen LogP contribution in [-0.4, -0.2) is 46.0 Å². The molecule has 0 atom stereocenters. The maximum atomic E-state index is 4.62. The lowest BCUT2D eigenvalue weighted by Gasteiger charge is -2.21. The first-order chi connectivity index (χ1) is 12.6. The van der Waals surface area contributed by atoms with Gasteiger partial charge in [-0.05, 0) is 32.4 Å². The van der Waals surface area contributed by atoms with E-state index >= 15 is 0 Å². The minimum absolute atomic E-state index is 0.759. The summed E-state index contributed by atoms with van der Waals surface area (Å²) in [4.78, 5) is 15.6. The van der Waals surface area contributed by atoms with Crippen molar-refractivity contribution < 1.29 is 0 Å². The Morgan fingerprint density at radius 2 is 2.08 bits per heavy atom. The zero-order valence-corrected chi connectivity index (χ0v) is 16.7. The predicted octanol–water partition coefficient (Wildman–Crippen LogP) is 3.21. The van der Waals surface area contributed by atoms with Crippen LogP contribution in [0.1, 0.15) is 22.9 Å². The zero-order valence-electron chi connectivity index (χ0n) is 15.9. The third-order valence-electron chi connectivity index (χ3n) is 4.33. The SMILES string of the molecule is CN=C(NCCCn1c(C)nc2ccccc21)N(C)Cc1csc(C)n1. The van der Waals surface area contributed by atoms with Crippen molar-refractivity contribution >= 4 is 28.3 Å². The molecule has 7 heteroatoms. The van der Waals surface area contributed by atoms with Crippen LogP contribution in [0.5, 0.6) is 0 Å². The first-order valence-corrected chi connectivity index (χ1v) is 9.71. The van der Waals surface area contributed by atoms with Gasteiger partial charge in [-0.1, -0.05) is 12.1 Å². The molecule has 6 nitrogen and oxygen atoms in total. The lowest BCUT2D eigenvalue weighted by Crippen LogP contribution is -2.39. The standard InChI is InChI=1S/C19H26N6S/c1-14-22-17-8-5-6-9-18(17)25(14)11-7-10-21-19(20-3)24(4)12-16-13-26-15(2)23-16/h5-6,8-9,13H,7,10-12H2,1-4H3,(H,20,21). The molecule has 0 saturated heterocycles. The zero-order chi connectivity index (χ0) is 18.5. The van der Waals surface area contributed by atoms with Gasteiger partial charge in [0.25, 0.3) is 0 Å². The molecule has 1 aromatic carbocycles. The molecule has 0 aliphatic carbocycles. The second-order valence-corrected chi connectivity index (χ2v) is 7.40. The van der Waals surface area contributed by atoms with E-state index in [1.165, 1.54) is 5.52 Å². The smallest absolute Gasteiger partial charge is 0.193 e. The Kier molecular flexibility index (Phi) is 5.88. The number of nitrogens with one attached hydrogen (secondary N) is 1. The Hall–Kier alpha value is -2.41. The Morgan fingerprint density at radius 1 is 1.27 bits per heavy atom. The van der Waals surface area contributed by atoms with Crippen molar-refractivity contribution in [2.75, 3.05) is 20.6 Å². The number of nitrogens with zero attached hydrogens (tertiary/aromatic N) is 5. The van der Waals surface area contributed by atoms with Crippen LogP contribution in [0.4, 0.5) is 0 Å². The quantitative estimate of drug-likeness (QED) is 0.411. The fourth-order valence-electron chi connectivity index (χ4n) is 3.10. The van der Waals surface area contributed by atoms with Crippen LogP contribution in [0.15, 0.2) is 34.6 Å². The van der Waals surface area contributed by atoms with Gasteiger partial charge in [-0.15, -0.1) is 11.3 Å². The van der Waals surface area contributed by atoms with E-state index in [1.54, 1.807) is 11.3 Å². The summed E-state index contributed by atoms with van der Waals surface area (Å²) in [6, 6.07) is 8.29. The lowest BCUT2D eigenvalue weighted by molar-refractivity contribution is 0.467. The van der Waals surface area contributed by atoms with Crippen molar-refractivity contribution in [3.63, 3.8) is 0 Å². The second kappa shape index (κ2) is 8.31. The number of imidazole rings is 1. The largest absolute Gasteiger partial charge is 0.356 e. The summed E-state index contributed by atoms with van der Waals surface area (Å²) < 4.78 is 2.28. The minimum atomic E-state index is 0.759. The Labute approximate surface area is 158 Å². The van der Waals surface area contributed by atoms with Gasteiger partial charge in [-0.2, -0.15) is 0 Å². The van der Waals surface area contributed by atoms with Crippen LogP contribution < -0.4 is 5.32 Å². The van der Waals surface area contributed by atoms with Crippen molar-refractivity contribution in [2.24, 2.45) is 4.99 Å². The molecule has 2 aromatic heterocycles. The molecule has 0 spiro atoms. The predicted molar refractivity (Wildman–Crippen MR) is 109 cm³/mol. The number of para-hydroxylation sites is 2. The van der Waals surface area contributed by atoms with Crippen LogP contribution in [0.25, 0.3) is 11.0 Å². The fraction of sp³-hybridized carbons (Fsp3) is 0.421. The van der Waals surface area contributed by atoms with Gasteiger partial charge in [0.15, 0.2) is 5.96 Å². The monoisotopic (exact) mass is 370 g/mol. The highest BCUT2D eigenvalue weighted by atomic mass is 32.1. The van der Waals surface area contributed by atoms with Gasteiger partial charge in [-0.3, -0.25) is 4.99 Å². The van der Waals surface area contributed by atoms with E-state index in [2.05, 4.69) is 60.2 Å². The second-order valence-electron chi connectivity index (χ2n) is 6.34. The number of fused-ring (bicyclic) bond motifs is 1. The van der Waals surface area contributed by atoms with Crippen LogP contribution in [0.3, 0.4) is 0 Å². The molecule has 0 aliphatic heterocycles. The summed E-state index contributed by atoms with van der Waals surface area (Å²) in [6.45, 7) is 6.65. The van der Waals surface area contributed by atoms with Crippen LogP contribution >= 0.6 is 11.3 Å². The molecule has 26 heavy (non-hydrogen) atoms. The maximum absolute atomic E-state index is 4.62. The van der Waals surface area contributed by atoms with Crippen LogP contribution in [-0.2, 0) is 13.1 Å². The van der Waals surface area contributed by atoms with E-state index in [1.807, 2.05) is 27.1 Å². The first kappa shape index (κ1) is 18.4. The average molecular weight is 371 g/mol. The van der Waals surface area contributed by atoms with Gasteiger partial charge in [-0.25, -0.2) is 9.97 Å². The number of aliphatic imine (C=N–C) groups is 1. The van der Waals surface area contributed by atoms with Crippen molar-refractivity contribution in [3.05, 3.63) is 46.2 Å². The molecule has 0 saturated carbocycles. The van der Waals surface area contributed by atoms with Crippen molar-refractivity contribution in [2.45, 2.75) is 33.4 Å². The highest BCUT2D eigenvalue weighted by Crippen LogP contribution is 2.15. The highest BCUT2D eigenvalue weighted by molar-refractivity contribution is 7.09. The number of aromatic nitrogens is 3. The van der Waals surface area contributed by atoms with Gasteiger partial charge in [0.2, 0.25) is 0 Å². The molecule has 0 aliphatic rings. The summed E-state index contributed by atoms with van der Waals surface area (Å²) in [7, 11) is 3.86. The number of hydrogen-bond donors (Lipinski definition) is 1. The molecular formula is C19H26N6S. The molecule has 0 radical (unpaired) electrons. The third-order valence-corrected chi connectivity index (χ3v) is 5.15. The Morgan fingerprint density at radius 3 is 2.81 bits per heavy atom. The van der Waals surface area contributed by atoms with Crippen LogP contribution in [0, 0.1) is 13.8 Å². The molecule has 3 rings (SSSR count). The number of thiazole rings is 1. The van der Waals surface area contributed by atoms with E-state index in [9.17, 15) is 0 Å². The van der Waals surface area contributed by atoms with E-state index in [0.717, 1.165) is 54.1 Å². The van der Waals surface area contributed by atoms with Crippen molar-refractivity contribution in [1.29, 1.82) is 0 Å². The molecule has 2 heterocycles. The minimum Gasteiger partial charge on any atom is -0.356 e. The van der Waals surface area contributed by atoms with E-state index in [4.69, 9.17) is 0 Å². The normalized spacial score (nSPS) is 11.9. The number of rotatable bonds is 6. The molecule has 138 valence electrons. The molecular weight excluding hydrogens is 344 g/mol. The fourth-order valence-corrected chi connectivity index (χ4v) is 3.70. The Balaban J connectivity index is 1.52. The number of hydrogen-bond acceptors (Lipinski definition) is 4. The molecule has 0 fully saturated rings. The molecule has 0 amide bonds. The maximum Gasteiger partial charge on any atom is 0.193 e. The highest BCUT2D eigenvalue weighted by Gasteiger charge is 2.09. The molecule has 3 aromatic rings. The summed E-state index contributed by atoms with van der Waals surface area (Å²) in [5.74, 6) is 1.95. The van der Waals surface area contributed by atoms with Gasteiger partial charge in [0, 0.05) is 32.6 Å². The summed E-state index contributed by atoms with van der Waals surface area (Å²) in [5, 5.41) is 6.64. The summed E-state index contributed by atoms with van der Waals surface area (Å²) >= 11 is 1.68. The number of aryl methyl sites for hydroxylation is 3. The van der Waals surface area contributed by atoms with E-state index in [-0.39, 0.29) is 0 Å². The van der Waals surface area contributed by atoms with Gasteiger partial charge < -0.3 is 14.8 Å². The third kappa shape index (κ3) is 4.22. The number of benzene rings is 1. The molecule has 0 bridgehead atoms. The molecule has 1 N–H and O–H groups in total. The van der Waals surface area contributed by atoms with Crippen molar-refractivity contribution in [1.82, 2.24) is 24.8 Å². The first-order valence-electron chi connectivity index (χ1n) is 8.83. The summed E-state index contributed by atoms with van der Waals surface area (Å²) in [6.07, 6.45) is 1.00. The van der Waals surface area contributed by atoms with Gasteiger partial charge in [0.1, 0.15) is 5.82 Å². The van der Waals surface area contributed by atoms with Crippen molar-refractivity contribution in [3.8, 4) is 0 Å². The van der Waals surface area contributed by atoms with E-state index < -0.39 is 0 Å². The topological polar surface area (TPSA) is 58.3 Å². The van der Waals surface area contributed by atoms with Gasteiger partial charge >= 0.3 is 0 Å². The van der Waals surface area contributed by atoms with Crippen LogP contribution in [0.2, 0.25) is 0 Å². The van der Waals surface area contributed by atoms with E-state index in [0.29, 0.717) is 0 Å². The lowest BCUT2D eigenvalue weighted by atomic mass is 10.3.